The number of hydrogen-bond acceptors (Lipinski definition) is 5. The lowest BCUT2D eigenvalue weighted by molar-refractivity contribution is -0.146. The summed E-state index contributed by atoms with van der Waals surface area (Å²) in [6, 6.07) is -1.09. The lowest BCUT2D eigenvalue weighted by Gasteiger charge is -2.43. The zero-order chi connectivity index (χ0) is 17.7. The molecule has 0 saturated heterocycles. The Morgan fingerprint density at radius 3 is 2.43 bits per heavy atom. The Morgan fingerprint density at radius 1 is 1.43 bits per heavy atom. The minimum atomic E-state index is -2.91. The van der Waals surface area contributed by atoms with Crippen LogP contribution in [0.5, 0.6) is 0 Å². The fraction of sp³-hybridized carbons (Fsp3) is 0.857. The summed E-state index contributed by atoms with van der Waals surface area (Å²) in [5, 5.41) is 8.74. The molecule has 0 bridgehead atoms. The second kappa shape index (κ2) is 8.61. The third kappa shape index (κ3) is 5.56. The van der Waals surface area contributed by atoms with Gasteiger partial charge in [0, 0.05) is 27.8 Å². The van der Waals surface area contributed by atoms with Gasteiger partial charge in [-0.2, -0.15) is 0 Å². The topological polar surface area (TPSA) is 125 Å². The summed E-state index contributed by atoms with van der Waals surface area (Å²) in [5.74, 6) is -0.956. The zero-order valence-corrected chi connectivity index (χ0v) is 16.4. The maximum Gasteiger partial charge on any atom is 0.320 e. The van der Waals surface area contributed by atoms with Gasteiger partial charge < -0.3 is 15.7 Å². The molecule has 0 radical (unpaired) electrons. The molecular formula is C14H26IN3O4S. The number of aliphatic carboxylic acids is 1. The van der Waals surface area contributed by atoms with Crippen molar-refractivity contribution in [3.05, 3.63) is 0 Å². The molecule has 0 aromatic heterocycles. The van der Waals surface area contributed by atoms with E-state index >= 15 is 0 Å². The first-order chi connectivity index (χ1) is 10.7. The Morgan fingerprint density at radius 2 is 2.04 bits per heavy atom. The van der Waals surface area contributed by atoms with Crippen LogP contribution in [0.4, 0.5) is 0 Å². The van der Waals surface area contributed by atoms with Gasteiger partial charge in [-0.25, -0.2) is 4.21 Å². The molecule has 4 N–H and O–H groups in total. The molecule has 134 valence electrons. The van der Waals surface area contributed by atoms with E-state index in [0.717, 1.165) is 19.3 Å². The lowest BCUT2D eigenvalue weighted by atomic mass is 9.66. The van der Waals surface area contributed by atoms with Crippen molar-refractivity contribution in [3.8, 4) is 0 Å². The van der Waals surface area contributed by atoms with Gasteiger partial charge in [0.2, 0.25) is 5.91 Å². The number of halogens is 1. The Hall–Kier alpha value is -0.420. The predicted octanol–water partition coefficient (Wildman–Crippen LogP) is 1.64. The molecule has 1 unspecified atom stereocenters. The summed E-state index contributed by atoms with van der Waals surface area (Å²) >= 11 is 2.16. The number of nitrogens with two attached hydrogens (primary N) is 1. The van der Waals surface area contributed by atoms with Crippen molar-refractivity contribution in [1.82, 2.24) is 4.90 Å². The van der Waals surface area contributed by atoms with E-state index in [1.807, 2.05) is 6.92 Å². The van der Waals surface area contributed by atoms with Crippen molar-refractivity contribution in [2.24, 2.45) is 11.1 Å². The predicted molar refractivity (Wildman–Crippen MR) is 98.0 cm³/mol. The average Bonchev–Trinajstić information content (AvgIpc) is 2.44. The van der Waals surface area contributed by atoms with E-state index in [0.29, 0.717) is 17.5 Å². The Bertz CT molecular complexity index is 530. The number of carbonyl (C=O) groups is 2. The molecule has 0 aliphatic heterocycles. The highest BCUT2D eigenvalue weighted by molar-refractivity contribution is 14.1. The van der Waals surface area contributed by atoms with E-state index in [1.54, 1.807) is 4.90 Å². The summed E-state index contributed by atoms with van der Waals surface area (Å²) in [5.41, 5.74) is 4.92. The molecule has 0 aromatic rings. The van der Waals surface area contributed by atoms with Gasteiger partial charge >= 0.3 is 5.97 Å². The van der Waals surface area contributed by atoms with Gasteiger partial charge in [0.25, 0.3) is 0 Å². The lowest BCUT2D eigenvalue weighted by Crippen LogP contribution is -2.48. The molecule has 2 atom stereocenters. The summed E-state index contributed by atoms with van der Waals surface area (Å²) in [4.78, 5) is 25.1. The molecule has 23 heavy (non-hydrogen) atoms. The SMILES string of the molecule is CCN(CI)C(=O)C1(CCS(=N)(=O)CC[C@H](N)C(=O)O)CCC1. The van der Waals surface area contributed by atoms with Gasteiger partial charge in [-0.15, -0.1) is 0 Å². The summed E-state index contributed by atoms with van der Waals surface area (Å²) < 4.78 is 20.9. The average molecular weight is 459 g/mol. The van der Waals surface area contributed by atoms with E-state index in [2.05, 4.69) is 22.6 Å². The van der Waals surface area contributed by atoms with Crippen molar-refractivity contribution < 1.29 is 18.9 Å². The number of rotatable bonds is 10. The third-order valence-corrected chi connectivity index (χ3v) is 7.15. The summed E-state index contributed by atoms with van der Waals surface area (Å²) in [7, 11) is -2.91. The molecule has 1 saturated carbocycles. The molecule has 1 fully saturated rings. The first-order valence-corrected chi connectivity index (χ1v) is 11.2. The summed E-state index contributed by atoms with van der Waals surface area (Å²) in [6.45, 7) is 2.58. The first-order valence-electron chi connectivity index (χ1n) is 7.75. The number of hydrogen-bond donors (Lipinski definition) is 3. The van der Waals surface area contributed by atoms with Crippen LogP contribution in [0.1, 0.15) is 39.0 Å². The van der Waals surface area contributed by atoms with Gasteiger partial charge in [-0.3, -0.25) is 14.4 Å². The Labute approximate surface area is 151 Å². The number of alkyl halides is 1. The standard InChI is InChI=1S/C14H26IN3O4S/c1-2-18(10-15)13(21)14(5-3-6-14)7-9-23(17,22)8-4-11(16)12(19)20/h11,17H,2-10,16H2,1H3,(H,19,20)/t11-,23?/m0/s1. The quantitative estimate of drug-likeness (QED) is 0.260. The van der Waals surface area contributed by atoms with E-state index < -0.39 is 27.2 Å². The smallest absolute Gasteiger partial charge is 0.320 e. The molecule has 9 heteroatoms. The highest BCUT2D eigenvalue weighted by atomic mass is 127. The van der Waals surface area contributed by atoms with E-state index in [1.165, 1.54) is 0 Å². The molecule has 1 aliphatic carbocycles. The molecule has 0 heterocycles. The number of amides is 1. The van der Waals surface area contributed by atoms with Crippen molar-refractivity contribution in [1.29, 1.82) is 4.78 Å². The largest absolute Gasteiger partial charge is 0.480 e. The zero-order valence-electron chi connectivity index (χ0n) is 13.4. The van der Waals surface area contributed by atoms with Crippen LogP contribution in [0.25, 0.3) is 0 Å². The van der Waals surface area contributed by atoms with Gasteiger partial charge in [-0.05, 0) is 32.6 Å². The minimum Gasteiger partial charge on any atom is -0.480 e. The second-order valence-electron chi connectivity index (χ2n) is 6.12. The number of carboxylic acids is 1. The monoisotopic (exact) mass is 459 g/mol. The Balaban J connectivity index is 2.63. The van der Waals surface area contributed by atoms with Crippen LogP contribution in [0.2, 0.25) is 0 Å². The molecule has 1 rings (SSSR count). The van der Waals surface area contributed by atoms with E-state index in [-0.39, 0.29) is 23.8 Å². The molecular weight excluding hydrogens is 433 g/mol. The van der Waals surface area contributed by atoms with Crippen LogP contribution in [0.15, 0.2) is 0 Å². The molecule has 0 spiro atoms. The van der Waals surface area contributed by atoms with Gasteiger partial charge in [0.15, 0.2) is 0 Å². The van der Waals surface area contributed by atoms with Crippen molar-refractivity contribution in [2.75, 3.05) is 22.6 Å². The van der Waals surface area contributed by atoms with Crippen molar-refractivity contribution >= 4 is 44.2 Å². The number of carbonyl (C=O) groups excluding carboxylic acids is 1. The fourth-order valence-electron chi connectivity index (χ4n) is 2.70. The number of nitrogens with zero attached hydrogens (tertiary/aromatic N) is 1. The highest BCUT2D eigenvalue weighted by Gasteiger charge is 2.45. The highest BCUT2D eigenvalue weighted by Crippen LogP contribution is 2.46. The Kier molecular flexibility index (Phi) is 7.72. The van der Waals surface area contributed by atoms with Gasteiger partial charge in [0.1, 0.15) is 6.04 Å². The van der Waals surface area contributed by atoms with Crippen molar-refractivity contribution in [2.45, 2.75) is 45.1 Å². The molecule has 1 aliphatic rings. The first kappa shape index (κ1) is 20.6. The normalized spacial score (nSPS) is 20.1. The molecule has 7 nitrogen and oxygen atoms in total. The molecule has 0 aromatic carbocycles. The van der Waals surface area contributed by atoms with Crippen LogP contribution < -0.4 is 5.73 Å². The maximum absolute atomic E-state index is 12.7. The molecule has 1 amide bonds. The van der Waals surface area contributed by atoms with Crippen LogP contribution in [-0.4, -0.2) is 54.7 Å². The minimum absolute atomic E-state index is 0.0213. The number of nitrogens with one attached hydrogen (secondary N) is 1. The van der Waals surface area contributed by atoms with E-state index in [9.17, 15) is 13.8 Å². The van der Waals surface area contributed by atoms with Crippen LogP contribution in [0, 0.1) is 10.2 Å². The van der Waals surface area contributed by atoms with Crippen molar-refractivity contribution in [3.63, 3.8) is 0 Å². The third-order valence-electron chi connectivity index (χ3n) is 4.56. The van der Waals surface area contributed by atoms with E-state index in [4.69, 9.17) is 15.6 Å². The maximum atomic E-state index is 12.7. The van der Waals surface area contributed by atoms with Crippen LogP contribution in [0.3, 0.4) is 0 Å². The van der Waals surface area contributed by atoms with Crippen LogP contribution >= 0.6 is 22.6 Å². The number of carboxylic acid groups (broad SMARTS) is 1. The fourth-order valence-corrected chi connectivity index (χ4v) is 5.05. The second-order valence-corrected chi connectivity index (χ2v) is 9.24. The van der Waals surface area contributed by atoms with Gasteiger partial charge in [-0.1, -0.05) is 29.0 Å². The summed E-state index contributed by atoms with van der Waals surface area (Å²) in [6.07, 6.45) is 3.00. The van der Waals surface area contributed by atoms with Gasteiger partial charge in [0.05, 0.1) is 9.97 Å². The van der Waals surface area contributed by atoms with Crippen LogP contribution in [-0.2, 0) is 19.3 Å².